The summed E-state index contributed by atoms with van der Waals surface area (Å²) in [5.41, 5.74) is 30.1. The number of nitrogens with zero attached hydrogens (tertiary/aromatic N) is 8. The van der Waals surface area contributed by atoms with Crippen molar-refractivity contribution in [1.29, 1.82) is 0 Å². The summed E-state index contributed by atoms with van der Waals surface area (Å²) in [6.07, 6.45) is 9.35. The van der Waals surface area contributed by atoms with Crippen LogP contribution in [0.3, 0.4) is 0 Å². The van der Waals surface area contributed by atoms with Crippen molar-refractivity contribution >= 4 is 68.3 Å². The highest BCUT2D eigenvalue weighted by Gasteiger charge is 2.12. The van der Waals surface area contributed by atoms with Gasteiger partial charge in [0, 0.05) is 54.9 Å². The molecule has 0 spiro atoms. The van der Waals surface area contributed by atoms with Gasteiger partial charge in [-0.3, -0.25) is 0 Å². The van der Waals surface area contributed by atoms with E-state index in [2.05, 4.69) is 103 Å². The molecule has 7 aromatic heterocycles. The molecule has 0 amide bonds. The minimum absolute atomic E-state index is 0. The lowest BCUT2D eigenvalue weighted by molar-refractivity contribution is 0.856. The summed E-state index contributed by atoms with van der Waals surface area (Å²) in [6.45, 7) is 18.7. The molecule has 7 aromatic rings. The smallest absolute Gasteiger partial charge is 0.223 e. The zero-order valence-corrected chi connectivity index (χ0v) is 32.3. The summed E-state index contributed by atoms with van der Waals surface area (Å²) in [5, 5.41) is 8.48. The SMILES string of the molecule is C.C.CC(C)Nc1nc(N)nc2[nH]ccc12.CC(C)c1c[nH]c2ncc(N)cc12.CC(C)c1cn(C)c2cnc(N)nc12.Cc1cc(NC(C)C)nc(N)n1. The van der Waals surface area contributed by atoms with Gasteiger partial charge in [-0.1, -0.05) is 42.5 Å². The highest BCUT2D eigenvalue weighted by molar-refractivity contribution is 5.88. The lowest BCUT2D eigenvalue weighted by Gasteiger charge is -2.09. The van der Waals surface area contributed by atoms with Gasteiger partial charge in [0.1, 0.15) is 22.9 Å². The molecular formula is C39H62N16. The maximum Gasteiger partial charge on any atom is 0.223 e. The standard InChI is InChI=1S/C10H14N4.C10H13N3.C9H13N5.C8H14N4.2CH4/c1-6(2)7-5-14(3)8-4-12-10(11)13-9(7)8;1-6(2)9-5-13-10-8(9)3-7(11)4-12-10;1-5(2)12-8-6-3-4-11-7(6)13-9(10)14-8;1-5(2)10-7-4-6(3)11-8(9)12-7;;/h4-6H,1-3H3,(H2,11,12,13);3-6H,11H2,1-2H3,(H,12,13);3-5H,1-2H3,(H4,10,11,12,13,14);4-5H,1-3H3,(H3,9,10,11,12);2*1H4. The van der Waals surface area contributed by atoms with Crippen LogP contribution in [0, 0.1) is 6.92 Å². The molecule has 0 fully saturated rings. The van der Waals surface area contributed by atoms with E-state index in [9.17, 15) is 0 Å². The number of fused-ring (bicyclic) bond motifs is 3. The van der Waals surface area contributed by atoms with Crippen molar-refractivity contribution in [2.24, 2.45) is 7.05 Å². The van der Waals surface area contributed by atoms with Crippen LogP contribution in [-0.2, 0) is 7.05 Å². The number of hydrogen-bond donors (Lipinski definition) is 8. The van der Waals surface area contributed by atoms with Crippen molar-refractivity contribution < 1.29 is 0 Å². The van der Waals surface area contributed by atoms with Crippen LogP contribution in [-0.4, -0.2) is 61.5 Å². The molecule has 55 heavy (non-hydrogen) atoms. The Morgan fingerprint density at radius 1 is 0.673 bits per heavy atom. The van der Waals surface area contributed by atoms with Gasteiger partial charge in [-0.15, -0.1) is 0 Å². The van der Waals surface area contributed by atoms with Crippen LogP contribution in [0.2, 0.25) is 0 Å². The first-order valence-corrected chi connectivity index (χ1v) is 17.6. The van der Waals surface area contributed by atoms with Crippen molar-refractivity contribution in [3.8, 4) is 0 Å². The topological polar surface area (TPSA) is 255 Å². The van der Waals surface area contributed by atoms with E-state index in [0.29, 0.717) is 41.5 Å². The number of anilines is 6. The van der Waals surface area contributed by atoms with Gasteiger partial charge >= 0.3 is 0 Å². The van der Waals surface area contributed by atoms with E-state index < -0.39 is 0 Å². The Kier molecular flexibility index (Phi) is 16.2. The molecule has 12 N–H and O–H groups in total. The van der Waals surface area contributed by atoms with Gasteiger partial charge in [0.05, 0.1) is 34.5 Å². The molecule has 16 heteroatoms. The Bertz CT molecular complexity index is 2220. The summed E-state index contributed by atoms with van der Waals surface area (Å²) >= 11 is 0. The summed E-state index contributed by atoms with van der Waals surface area (Å²) in [4.78, 5) is 34.8. The average Bonchev–Trinajstić information content (AvgIpc) is 3.78. The first-order valence-electron chi connectivity index (χ1n) is 17.6. The number of nitrogens with one attached hydrogen (secondary N) is 4. The van der Waals surface area contributed by atoms with E-state index in [0.717, 1.165) is 50.4 Å². The fourth-order valence-electron chi connectivity index (χ4n) is 5.44. The third-order valence-electron chi connectivity index (χ3n) is 7.77. The molecule has 16 nitrogen and oxygen atoms in total. The third kappa shape index (κ3) is 12.2. The number of pyridine rings is 1. The van der Waals surface area contributed by atoms with E-state index in [-0.39, 0.29) is 20.8 Å². The van der Waals surface area contributed by atoms with E-state index >= 15 is 0 Å². The second kappa shape index (κ2) is 19.8. The molecule has 298 valence electrons. The molecule has 0 radical (unpaired) electrons. The van der Waals surface area contributed by atoms with Gasteiger partial charge < -0.3 is 48.1 Å². The molecule has 0 saturated carbocycles. The van der Waals surface area contributed by atoms with Gasteiger partial charge in [-0.2, -0.15) is 15.0 Å². The van der Waals surface area contributed by atoms with Crippen molar-refractivity contribution in [2.75, 3.05) is 33.6 Å². The van der Waals surface area contributed by atoms with Gasteiger partial charge in [0.15, 0.2) is 0 Å². The molecule has 0 aliphatic heterocycles. The van der Waals surface area contributed by atoms with Crippen molar-refractivity contribution in [2.45, 2.75) is 101 Å². The highest BCUT2D eigenvalue weighted by Crippen LogP contribution is 2.26. The Morgan fingerprint density at radius 2 is 1.33 bits per heavy atom. The van der Waals surface area contributed by atoms with Crippen LogP contribution in [0.1, 0.15) is 98.9 Å². The summed E-state index contributed by atoms with van der Waals surface area (Å²) in [6, 6.07) is 6.45. The van der Waals surface area contributed by atoms with Crippen molar-refractivity contribution in [3.05, 3.63) is 66.0 Å². The predicted octanol–water partition coefficient (Wildman–Crippen LogP) is 7.76. The monoisotopic (exact) mass is 755 g/mol. The Hall–Kier alpha value is -6.19. The summed E-state index contributed by atoms with van der Waals surface area (Å²) < 4.78 is 2.03. The number of nitrogens with two attached hydrogens (primary N) is 4. The highest BCUT2D eigenvalue weighted by atomic mass is 15.1. The number of rotatable bonds is 6. The van der Waals surface area contributed by atoms with Gasteiger partial charge in [0.25, 0.3) is 0 Å². The minimum atomic E-state index is 0. The minimum Gasteiger partial charge on any atom is -0.397 e. The van der Waals surface area contributed by atoms with Gasteiger partial charge in [-0.05, 0) is 69.7 Å². The zero-order chi connectivity index (χ0) is 39.0. The first kappa shape index (κ1) is 45.0. The first-order chi connectivity index (χ1) is 25.0. The average molecular weight is 755 g/mol. The lowest BCUT2D eigenvalue weighted by atomic mass is 10.0. The molecular weight excluding hydrogens is 693 g/mol. The van der Waals surface area contributed by atoms with Gasteiger partial charge in [-0.25, -0.2) is 19.9 Å². The molecule has 7 heterocycles. The summed E-state index contributed by atoms with van der Waals surface area (Å²) in [7, 11) is 1.99. The van der Waals surface area contributed by atoms with Crippen molar-refractivity contribution in [1.82, 2.24) is 49.4 Å². The van der Waals surface area contributed by atoms with E-state index in [4.69, 9.17) is 22.9 Å². The van der Waals surface area contributed by atoms with E-state index in [1.165, 1.54) is 11.1 Å². The molecule has 0 aliphatic carbocycles. The van der Waals surface area contributed by atoms with Crippen LogP contribution in [0.25, 0.3) is 33.1 Å². The van der Waals surface area contributed by atoms with Crippen LogP contribution in [0.5, 0.6) is 0 Å². The fraction of sp³-hybridized carbons (Fsp3) is 0.410. The molecule has 0 saturated heterocycles. The van der Waals surface area contributed by atoms with E-state index in [1.54, 1.807) is 12.4 Å². The van der Waals surface area contributed by atoms with Crippen molar-refractivity contribution in [3.63, 3.8) is 0 Å². The molecule has 0 bridgehead atoms. The largest absolute Gasteiger partial charge is 0.397 e. The maximum absolute atomic E-state index is 5.68. The number of aromatic amines is 2. The van der Waals surface area contributed by atoms with E-state index in [1.807, 2.05) is 63.0 Å². The second-order valence-corrected chi connectivity index (χ2v) is 13.9. The zero-order valence-electron chi connectivity index (χ0n) is 32.3. The van der Waals surface area contributed by atoms with Crippen LogP contribution in [0.4, 0.5) is 35.2 Å². The Morgan fingerprint density at radius 3 is 1.95 bits per heavy atom. The molecule has 7 rings (SSSR count). The number of aryl methyl sites for hydroxylation is 2. The second-order valence-electron chi connectivity index (χ2n) is 13.9. The van der Waals surface area contributed by atoms with Crippen LogP contribution < -0.4 is 33.6 Å². The third-order valence-corrected chi connectivity index (χ3v) is 7.77. The number of aromatic nitrogens is 10. The normalized spacial score (nSPS) is 10.7. The summed E-state index contributed by atoms with van der Waals surface area (Å²) in [5.74, 6) is 3.45. The molecule has 0 unspecified atom stereocenters. The molecule has 0 atom stereocenters. The van der Waals surface area contributed by atoms with Gasteiger partial charge in [0.2, 0.25) is 17.8 Å². The Labute approximate surface area is 324 Å². The predicted molar refractivity (Wildman–Crippen MR) is 232 cm³/mol. The molecule has 0 aromatic carbocycles. The fourth-order valence-corrected chi connectivity index (χ4v) is 5.44. The quantitative estimate of drug-likeness (QED) is 0.0808. The number of hydrogen-bond acceptors (Lipinski definition) is 13. The van der Waals surface area contributed by atoms with Crippen LogP contribution >= 0.6 is 0 Å². The number of H-pyrrole nitrogens is 2. The van der Waals surface area contributed by atoms with Crippen LogP contribution in [0.15, 0.2) is 49.2 Å². The lowest BCUT2D eigenvalue weighted by Crippen LogP contribution is -2.12. The Balaban J connectivity index is 0.000000251. The maximum atomic E-state index is 5.68. The number of nitrogen functional groups attached to an aromatic ring is 4. The molecule has 0 aliphatic rings.